The zero-order chi connectivity index (χ0) is 15.3. The highest BCUT2D eigenvalue weighted by Crippen LogP contribution is 2.31. The quantitative estimate of drug-likeness (QED) is 0.574. The fourth-order valence-corrected chi connectivity index (χ4v) is 1.93. The number of nitrogens with one attached hydrogen (secondary N) is 1. The molecule has 8 heteroatoms. The third kappa shape index (κ3) is 3.53. The number of rotatable bonds is 7. The van der Waals surface area contributed by atoms with Crippen LogP contribution in [-0.2, 0) is 0 Å². The van der Waals surface area contributed by atoms with Crippen LogP contribution in [0.2, 0.25) is 0 Å². The molecule has 0 atom stereocenters. The van der Waals surface area contributed by atoms with Gasteiger partial charge in [0.2, 0.25) is 11.8 Å². The molecule has 112 valence electrons. The molecule has 0 aliphatic heterocycles. The molecule has 0 amide bonds. The van der Waals surface area contributed by atoms with Crippen LogP contribution < -0.4 is 10.2 Å². The van der Waals surface area contributed by atoms with Gasteiger partial charge in [-0.05, 0) is 27.2 Å². The molecular formula is C12H21N5O3. The van der Waals surface area contributed by atoms with E-state index in [1.54, 1.807) is 14.0 Å². The second-order valence-corrected chi connectivity index (χ2v) is 4.68. The Hall–Kier alpha value is -1.96. The molecule has 0 saturated heterocycles. The van der Waals surface area contributed by atoms with Gasteiger partial charge in [0, 0.05) is 26.2 Å². The summed E-state index contributed by atoms with van der Waals surface area (Å²) in [4.78, 5) is 20.9. The number of aryl methyl sites for hydroxylation is 1. The summed E-state index contributed by atoms with van der Waals surface area (Å²) in [6.45, 7) is 5.97. The normalized spacial score (nSPS) is 10.7. The van der Waals surface area contributed by atoms with E-state index in [2.05, 4.69) is 15.3 Å². The number of hydrogen-bond acceptors (Lipinski definition) is 7. The minimum Gasteiger partial charge on any atom is -0.396 e. The highest BCUT2D eigenvalue weighted by atomic mass is 16.6. The summed E-state index contributed by atoms with van der Waals surface area (Å²) in [6.07, 6.45) is 0.521. The first kappa shape index (κ1) is 16.1. The SMILES string of the molecule is CNc1nc(C)c([N+](=O)[O-])c(N(CCCO)C(C)C)n1. The number of aromatic nitrogens is 2. The van der Waals surface area contributed by atoms with Gasteiger partial charge >= 0.3 is 5.69 Å². The van der Waals surface area contributed by atoms with Gasteiger partial charge in [-0.25, -0.2) is 4.98 Å². The van der Waals surface area contributed by atoms with Crippen molar-refractivity contribution in [3.63, 3.8) is 0 Å². The summed E-state index contributed by atoms with van der Waals surface area (Å²) in [5, 5.41) is 23.0. The Morgan fingerprint density at radius 2 is 2.10 bits per heavy atom. The van der Waals surface area contributed by atoms with Gasteiger partial charge in [-0.2, -0.15) is 4.98 Å². The molecule has 1 heterocycles. The monoisotopic (exact) mass is 283 g/mol. The maximum atomic E-state index is 11.3. The molecule has 0 unspecified atom stereocenters. The average Bonchev–Trinajstić information content (AvgIpc) is 2.37. The topological polar surface area (TPSA) is 104 Å². The van der Waals surface area contributed by atoms with Crippen LogP contribution in [0, 0.1) is 17.0 Å². The highest BCUT2D eigenvalue weighted by molar-refractivity contribution is 5.62. The first-order valence-electron chi connectivity index (χ1n) is 6.50. The van der Waals surface area contributed by atoms with Crippen molar-refractivity contribution in [1.82, 2.24) is 9.97 Å². The maximum Gasteiger partial charge on any atom is 0.332 e. The predicted molar refractivity (Wildman–Crippen MR) is 77.2 cm³/mol. The van der Waals surface area contributed by atoms with Crippen LogP contribution in [-0.4, -0.2) is 46.2 Å². The first-order valence-corrected chi connectivity index (χ1v) is 6.50. The van der Waals surface area contributed by atoms with E-state index in [4.69, 9.17) is 5.11 Å². The van der Waals surface area contributed by atoms with Crippen LogP contribution in [0.4, 0.5) is 17.5 Å². The van der Waals surface area contributed by atoms with Crippen molar-refractivity contribution in [2.24, 2.45) is 0 Å². The van der Waals surface area contributed by atoms with Gasteiger partial charge in [-0.3, -0.25) is 10.1 Å². The third-order valence-corrected chi connectivity index (χ3v) is 2.90. The minimum atomic E-state index is -0.460. The van der Waals surface area contributed by atoms with Crippen molar-refractivity contribution < 1.29 is 10.0 Å². The predicted octanol–water partition coefficient (Wildman–Crippen LogP) is 1.33. The summed E-state index contributed by atoms with van der Waals surface area (Å²) in [5.74, 6) is 0.632. The number of nitro groups is 1. The molecule has 0 radical (unpaired) electrons. The first-order chi connectivity index (χ1) is 9.42. The van der Waals surface area contributed by atoms with Crippen LogP contribution in [0.25, 0.3) is 0 Å². The van der Waals surface area contributed by atoms with Crippen molar-refractivity contribution in [2.75, 3.05) is 30.4 Å². The van der Waals surface area contributed by atoms with Gasteiger partial charge in [0.25, 0.3) is 0 Å². The number of nitrogens with zero attached hydrogens (tertiary/aromatic N) is 4. The van der Waals surface area contributed by atoms with E-state index in [1.807, 2.05) is 18.7 Å². The zero-order valence-electron chi connectivity index (χ0n) is 12.3. The molecule has 0 fully saturated rings. The molecule has 0 saturated carbocycles. The van der Waals surface area contributed by atoms with Gasteiger partial charge in [-0.15, -0.1) is 0 Å². The molecular weight excluding hydrogens is 262 g/mol. The lowest BCUT2D eigenvalue weighted by molar-refractivity contribution is -0.385. The summed E-state index contributed by atoms with van der Waals surface area (Å²) < 4.78 is 0. The van der Waals surface area contributed by atoms with Crippen molar-refractivity contribution in [3.8, 4) is 0 Å². The Labute approximate surface area is 118 Å². The number of hydrogen-bond donors (Lipinski definition) is 2. The molecule has 2 N–H and O–H groups in total. The molecule has 20 heavy (non-hydrogen) atoms. The summed E-state index contributed by atoms with van der Waals surface area (Å²) in [5.41, 5.74) is 0.231. The van der Waals surface area contributed by atoms with Crippen LogP contribution in [0.1, 0.15) is 26.0 Å². The standard InChI is InChI=1S/C12H21N5O3/c1-8(2)16(6-5-7-18)11-10(17(19)20)9(3)14-12(13-4)15-11/h8,18H,5-7H2,1-4H3,(H,13,14,15). The Morgan fingerprint density at radius 1 is 1.45 bits per heavy atom. The lowest BCUT2D eigenvalue weighted by Gasteiger charge is -2.27. The molecule has 0 aromatic carbocycles. The van der Waals surface area contributed by atoms with Crippen molar-refractivity contribution in [2.45, 2.75) is 33.2 Å². The van der Waals surface area contributed by atoms with Gasteiger partial charge < -0.3 is 15.3 Å². The van der Waals surface area contributed by atoms with Gasteiger partial charge in [0.1, 0.15) is 5.69 Å². The Morgan fingerprint density at radius 3 is 2.55 bits per heavy atom. The molecule has 1 aromatic heterocycles. The fourth-order valence-electron chi connectivity index (χ4n) is 1.93. The van der Waals surface area contributed by atoms with Crippen molar-refractivity contribution >= 4 is 17.5 Å². The van der Waals surface area contributed by atoms with E-state index in [0.717, 1.165) is 0 Å². The van der Waals surface area contributed by atoms with Crippen LogP contribution >= 0.6 is 0 Å². The number of anilines is 2. The van der Waals surface area contributed by atoms with E-state index in [9.17, 15) is 10.1 Å². The Kier molecular flexibility index (Phi) is 5.63. The molecule has 1 aromatic rings. The van der Waals surface area contributed by atoms with Crippen molar-refractivity contribution in [1.29, 1.82) is 0 Å². The van der Waals surface area contributed by atoms with E-state index in [0.29, 0.717) is 24.6 Å². The van der Waals surface area contributed by atoms with E-state index >= 15 is 0 Å². The lowest BCUT2D eigenvalue weighted by Crippen LogP contribution is -2.34. The zero-order valence-corrected chi connectivity index (χ0v) is 12.3. The summed E-state index contributed by atoms with van der Waals surface area (Å²) in [7, 11) is 1.66. The molecule has 0 aliphatic carbocycles. The number of aliphatic hydroxyl groups excluding tert-OH is 1. The molecule has 0 spiro atoms. The van der Waals surface area contributed by atoms with E-state index < -0.39 is 4.92 Å². The molecule has 8 nitrogen and oxygen atoms in total. The largest absolute Gasteiger partial charge is 0.396 e. The van der Waals surface area contributed by atoms with Crippen LogP contribution in [0.3, 0.4) is 0 Å². The van der Waals surface area contributed by atoms with Gasteiger partial charge in [0.05, 0.1) is 4.92 Å². The van der Waals surface area contributed by atoms with Gasteiger partial charge in [0.15, 0.2) is 0 Å². The lowest BCUT2D eigenvalue weighted by atomic mass is 10.2. The molecule has 1 rings (SSSR count). The molecule has 0 bridgehead atoms. The Bertz CT molecular complexity index is 478. The number of aliphatic hydroxyl groups is 1. The smallest absolute Gasteiger partial charge is 0.332 e. The van der Waals surface area contributed by atoms with Crippen LogP contribution in [0.5, 0.6) is 0 Å². The maximum absolute atomic E-state index is 11.3. The minimum absolute atomic E-state index is 0.0271. The second-order valence-electron chi connectivity index (χ2n) is 4.68. The van der Waals surface area contributed by atoms with Gasteiger partial charge in [-0.1, -0.05) is 0 Å². The van der Waals surface area contributed by atoms with E-state index in [1.165, 1.54) is 0 Å². The van der Waals surface area contributed by atoms with E-state index in [-0.39, 0.29) is 24.2 Å². The highest BCUT2D eigenvalue weighted by Gasteiger charge is 2.27. The van der Waals surface area contributed by atoms with Crippen molar-refractivity contribution in [3.05, 3.63) is 15.8 Å². The fraction of sp³-hybridized carbons (Fsp3) is 0.667. The second kappa shape index (κ2) is 6.99. The third-order valence-electron chi connectivity index (χ3n) is 2.90. The molecule has 0 aliphatic rings. The Balaban J connectivity index is 3.36. The summed E-state index contributed by atoms with van der Waals surface area (Å²) in [6, 6.07) is 0.0271. The van der Waals surface area contributed by atoms with Crippen LogP contribution in [0.15, 0.2) is 0 Å². The average molecular weight is 283 g/mol. The summed E-state index contributed by atoms with van der Waals surface area (Å²) >= 11 is 0.